The molecule has 1 N–H and O–H groups in total. The van der Waals surface area contributed by atoms with Crippen LogP contribution in [0.3, 0.4) is 0 Å². The molecule has 0 amide bonds. The van der Waals surface area contributed by atoms with Gasteiger partial charge in [-0.2, -0.15) is 0 Å². The summed E-state index contributed by atoms with van der Waals surface area (Å²) < 4.78 is 5.83. The highest BCUT2D eigenvalue weighted by molar-refractivity contribution is 5.30. The van der Waals surface area contributed by atoms with Crippen LogP contribution < -0.4 is 10.1 Å². The molecule has 0 bridgehead atoms. The molecule has 0 aromatic heterocycles. The second-order valence-electron chi connectivity index (χ2n) is 6.40. The van der Waals surface area contributed by atoms with Crippen molar-refractivity contribution < 1.29 is 4.74 Å². The fraction of sp³-hybridized carbons (Fsp3) is 0.667. The first-order valence-electron chi connectivity index (χ1n) is 8.35. The Morgan fingerprint density at radius 1 is 1.10 bits per heavy atom. The first-order valence-corrected chi connectivity index (χ1v) is 8.35. The molecule has 2 nitrogen and oxygen atoms in total. The van der Waals surface area contributed by atoms with Crippen molar-refractivity contribution >= 4 is 0 Å². The predicted molar refractivity (Wildman–Crippen MR) is 83.4 cm³/mol. The normalized spacial score (nSPS) is 26.4. The summed E-state index contributed by atoms with van der Waals surface area (Å²) in [6, 6.07) is 9.61. The minimum atomic E-state index is 0.498. The number of hydrogen-bond donors (Lipinski definition) is 1. The monoisotopic (exact) mass is 273 g/mol. The summed E-state index contributed by atoms with van der Waals surface area (Å²) in [5.74, 6) is 1.78. The molecule has 3 rings (SSSR count). The summed E-state index contributed by atoms with van der Waals surface area (Å²) >= 11 is 0. The average molecular weight is 273 g/mol. The zero-order chi connectivity index (χ0) is 13.8. The summed E-state index contributed by atoms with van der Waals surface area (Å²) in [6.45, 7) is 3.40. The van der Waals surface area contributed by atoms with Gasteiger partial charge in [0.15, 0.2) is 0 Å². The van der Waals surface area contributed by atoms with E-state index in [0.29, 0.717) is 6.10 Å². The van der Waals surface area contributed by atoms with E-state index < -0.39 is 0 Å². The molecule has 1 aromatic rings. The van der Waals surface area contributed by atoms with E-state index in [1.165, 1.54) is 50.5 Å². The van der Waals surface area contributed by atoms with Gasteiger partial charge in [0.25, 0.3) is 0 Å². The molecule has 2 saturated carbocycles. The quantitative estimate of drug-likeness (QED) is 0.836. The molecule has 2 atom stereocenters. The Morgan fingerprint density at radius 2 is 1.90 bits per heavy atom. The number of hydrogen-bond acceptors (Lipinski definition) is 2. The largest absolute Gasteiger partial charge is 0.490 e. The van der Waals surface area contributed by atoms with E-state index in [0.717, 1.165) is 24.3 Å². The van der Waals surface area contributed by atoms with E-state index >= 15 is 0 Å². The van der Waals surface area contributed by atoms with Crippen LogP contribution in [-0.4, -0.2) is 18.7 Å². The van der Waals surface area contributed by atoms with Gasteiger partial charge in [0.05, 0.1) is 6.10 Å². The van der Waals surface area contributed by atoms with Gasteiger partial charge >= 0.3 is 0 Å². The highest BCUT2D eigenvalue weighted by atomic mass is 16.5. The molecule has 2 heteroatoms. The Balaban J connectivity index is 1.56. The van der Waals surface area contributed by atoms with E-state index in [4.69, 9.17) is 4.74 Å². The lowest BCUT2D eigenvalue weighted by molar-refractivity contribution is 0.302. The maximum absolute atomic E-state index is 5.83. The molecule has 0 radical (unpaired) electrons. The third-order valence-electron chi connectivity index (χ3n) is 4.54. The SMILES string of the molecule is CCCNC1CCCC(c2ccc(OC3CC3)cc2)C1. The maximum atomic E-state index is 5.83. The molecule has 110 valence electrons. The third kappa shape index (κ3) is 3.76. The Kier molecular flexibility index (Phi) is 4.62. The molecule has 1 aromatic carbocycles. The van der Waals surface area contributed by atoms with Crippen LogP contribution >= 0.6 is 0 Å². The van der Waals surface area contributed by atoms with Gasteiger partial charge in [-0.15, -0.1) is 0 Å². The van der Waals surface area contributed by atoms with Crippen molar-refractivity contribution in [2.75, 3.05) is 6.54 Å². The zero-order valence-electron chi connectivity index (χ0n) is 12.6. The molecule has 0 saturated heterocycles. The van der Waals surface area contributed by atoms with Crippen molar-refractivity contribution in [2.45, 2.75) is 69.9 Å². The van der Waals surface area contributed by atoms with Gasteiger partial charge in [-0.3, -0.25) is 0 Å². The minimum absolute atomic E-state index is 0.498. The second-order valence-corrected chi connectivity index (χ2v) is 6.40. The van der Waals surface area contributed by atoms with Gasteiger partial charge in [0, 0.05) is 6.04 Å². The van der Waals surface area contributed by atoms with Gasteiger partial charge in [0.1, 0.15) is 5.75 Å². The fourth-order valence-electron chi connectivity index (χ4n) is 3.22. The van der Waals surface area contributed by atoms with Crippen LogP contribution in [0.4, 0.5) is 0 Å². The van der Waals surface area contributed by atoms with Crippen LogP contribution in [0.1, 0.15) is 63.4 Å². The van der Waals surface area contributed by atoms with Gasteiger partial charge in [-0.1, -0.05) is 25.5 Å². The standard InChI is InChI=1S/C18H27NO/c1-2-12-19-16-5-3-4-15(13-16)14-6-8-17(9-7-14)20-18-10-11-18/h6-9,15-16,18-19H,2-5,10-13H2,1H3. The molecule has 0 aliphatic heterocycles. The van der Waals surface area contributed by atoms with Crippen LogP contribution in [0.5, 0.6) is 5.75 Å². The first-order chi connectivity index (χ1) is 9.85. The minimum Gasteiger partial charge on any atom is -0.490 e. The van der Waals surface area contributed by atoms with E-state index in [1.54, 1.807) is 0 Å². The van der Waals surface area contributed by atoms with Crippen LogP contribution in [0.25, 0.3) is 0 Å². The number of ether oxygens (including phenoxy) is 1. The highest BCUT2D eigenvalue weighted by Gasteiger charge is 2.24. The first kappa shape index (κ1) is 13.9. The lowest BCUT2D eigenvalue weighted by atomic mass is 9.81. The summed E-state index contributed by atoms with van der Waals surface area (Å²) in [6.07, 6.45) is 9.53. The van der Waals surface area contributed by atoms with Crippen molar-refractivity contribution in [1.82, 2.24) is 5.32 Å². The van der Waals surface area contributed by atoms with Gasteiger partial charge in [0.2, 0.25) is 0 Å². The molecule has 2 fully saturated rings. The molecule has 20 heavy (non-hydrogen) atoms. The fourth-order valence-corrected chi connectivity index (χ4v) is 3.22. The van der Waals surface area contributed by atoms with Gasteiger partial charge in [-0.05, 0) is 68.7 Å². The van der Waals surface area contributed by atoms with Gasteiger partial charge < -0.3 is 10.1 Å². The van der Waals surface area contributed by atoms with E-state index in [9.17, 15) is 0 Å². The van der Waals surface area contributed by atoms with E-state index in [2.05, 4.69) is 36.5 Å². The summed E-state index contributed by atoms with van der Waals surface area (Å²) in [5.41, 5.74) is 1.50. The zero-order valence-corrected chi connectivity index (χ0v) is 12.6. The summed E-state index contributed by atoms with van der Waals surface area (Å²) in [7, 11) is 0. The van der Waals surface area contributed by atoms with Crippen LogP contribution in [-0.2, 0) is 0 Å². The van der Waals surface area contributed by atoms with Crippen LogP contribution in [0.2, 0.25) is 0 Å². The highest BCUT2D eigenvalue weighted by Crippen LogP contribution is 2.34. The lowest BCUT2D eigenvalue weighted by Gasteiger charge is -2.30. The van der Waals surface area contributed by atoms with E-state index in [-0.39, 0.29) is 0 Å². The molecular weight excluding hydrogens is 246 g/mol. The lowest BCUT2D eigenvalue weighted by Crippen LogP contribution is -2.33. The number of benzene rings is 1. The molecule has 2 aliphatic carbocycles. The second kappa shape index (κ2) is 6.62. The molecule has 2 aliphatic rings. The molecular formula is C18H27NO. The molecule has 0 spiro atoms. The van der Waals surface area contributed by atoms with Crippen molar-refractivity contribution in [3.63, 3.8) is 0 Å². The topological polar surface area (TPSA) is 21.3 Å². The van der Waals surface area contributed by atoms with Crippen molar-refractivity contribution in [2.24, 2.45) is 0 Å². The molecule has 0 heterocycles. The Labute approximate surface area is 122 Å². The number of rotatable bonds is 6. The van der Waals surface area contributed by atoms with Crippen molar-refractivity contribution in [3.8, 4) is 5.75 Å². The Bertz CT molecular complexity index is 410. The molecule has 2 unspecified atom stereocenters. The predicted octanol–water partition coefficient (Wildman–Crippen LogP) is 4.25. The Morgan fingerprint density at radius 3 is 2.60 bits per heavy atom. The van der Waals surface area contributed by atoms with Crippen LogP contribution in [0, 0.1) is 0 Å². The van der Waals surface area contributed by atoms with Crippen molar-refractivity contribution in [3.05, 3.63) is 29.8 Å². The van der Waals surface area contributed by atoms with Crippen molar-refractivity contribution in [1.29, 1.82) is 0 Å². The third-order valence-corrected chi connectivity index (χ3v) is 4.54. The smallest absolute Gasteiger partial charge is 0.119 e. The van der Waals surface area contributed by atoms with Crippen LogP contribution in [0.15, 0.2) is 24.3 Å². The Hall–Kier alpha value is -1.02. The van der Waals surface area contributed by atoms with Gasteiger partial charge in [-0.25, -0.2) is 0 Å². The summed E-state index contributed by atoms with van der Waals surface area (Å²) in [5, 5.41) is 3.69. The van der Waals surface area contributed by atoms with E-state index in [1.807, 2.05) is 0 Å². The number of nitrogens with one attached hydrogen (secondary N) is 1. The summed E-state index contributed by atoms with van der Waals surface area (Å²) in [4.78, 5) is 0. The average Bonchev–Trinajstić information content (AvgIpc) is 3.30. The maximum Gasteiger partial charge on any atom is 0.119 e.